The SMILES string of the molecule is CC(C)(C)C(NC(=O)[C@@H](CO)NC(=O)[C@@H](N)CC(=O)O)C(C)(C)C. The van der Waals surface area contributed by atoms with Crippen molar-refractivity contribution in [3.8, 4) is 0 Å². The van der Waals surface area contributed by atoms with Gasteiger partial charge in [-0.1, -0.05) is 41.5 Å². The minimum Gasteiger partial charge on any atom is -0.481 e. The number of hydrogen-bond donors (Lipinski definition) is 5. The fraction of sp³-hybridized carbons (Fsp3) is 0.812. The Morgan fingerprint density at radius 2 is 1.42 bits per heavy atom. The van der Waals surface area contributed by atoms with Gasteiger partial charge in [-0.2, -0.15) is 0 Å². The van der Waals surface area contributed by atoms with Crippen LogP contribution >= 0.6 is 0 Å². The summed E-state index contributed by atoms with van der Waals surface area (Å²) in [7, 11) is 0. The molecule has 24 heavy (non-hydrogen) atoms. The second kappa shape index (κ2) is 8.43. The largest absolute Gasteiger partial charge is 0.481 e. The van der Waals surface area contributed by atoms with E-state index in [9.17, 15) is 19.5 Å². The number of rotatable bonds is 7. The molecule has 0 fully saturated rings. The number of carboxylic acid groups (broad SMARTS) is 1. The predicted molar refractivity (Wildman–Crippen MR) is 90.1 cm³/mol. The number of amides is 2. The zero-order valence-electron chi connectivity index (χ0n) is 15.3. The summed E-state index contributed by atoms with van der Waals surface area (Å²) < 4.78 is 0. The number of carbonyl (C=O) groups is 3. The molecular formula is C16H31N3O5. The molecule has 0 spiro atoms. The van der Waals surface area contributed by atoms with Crippen molar-refractivity contribution in [2.75, 3.05) is 6.61 Å². The molecule has 0 heterocycles. The molecule has 0 aliphatic heterocycles. The van der Waals surface area contributed by atoms with Crippen LogP contribution in [0.3, 0.4) is 0 Å². The molecule has 2 atom stereocenters. The first-order valence-corrected chi connectivity index (χ1v) is 7.89. The number of nitrogens with two attached hydrogens (primary N) is 1. The Kier molecular flexibility index (Phi) is 7.85. The van der Waals surface area contributed by atoms with Gasteiger partial charge in [0, 0.05) is 6.04 Å². The average Bonchev–Trinajstić information content (AvgIpc) is 2.38. The summed E-state index contributed by atoms with van der Waals surface area (Å²) >= 11 is 0. The average molecular weight is 345 g/mol. The molecule has 0 aromatic heterocycles. The highest BCUT2D eigenvalue weighted by Crippen LogP contribution is 2.33. The van der Waals surface area contributed by atoms with E-state index >= 15 is 0 Å². The van der Waals surface area contributed by atoms with Gasteiger partial charge in [0.25, 0.3) is 0 Å². The molecule has 140 valence electrons. The highest BCUT2D eigenvalue weighted by molar-refractivity contribution is 5.91. The summed E-state index contributed by atoms with van der Waals surface area (Å²) in [5, 5.41) is 23.2. The highest BCUT2D eigenvalue weighted by Gasteiger charge is 2.37. The molecule has 2 amide bonds. The Hall–Kier alpha value is -1.67. The molecule has 0 radical (unpaired) electrons. The molecule has 8 nitrogen and oxygen atoms in total. The molecule has 0 saturated heterocycles. The molecule has 0 saturated carbocycles. The normalized spacial score (nSPS) is 14.9. The number of carboxylic acids is 1. The van der Waals surface area contributed by atoms with Crippen molar-refractivity contribution in [3.63, 3.8) is 0 Å². The van der Waals surface area contributed by atoms with Crippen molar-refractivity contribution in [3.05, 3.63) is 0 Å². The Bertz CT molecular complexity index is 451. The van der Waals surface area contributed by atoms with Gasteiger partial charge in [0.2, 0.25) is 11.8 Å². The topological polar surface area (TPSA) is 142 Å². The van der Waals surface area contributed by atoms with Gasteiger partial charge in [0.05, 0.1) is 19.1 Å². The van der Waals surface area contributed by atoms with E-state index in [1.165, 1.54) is 0 Å². The predicted octanol–water partition coefficient (Wildman–Crippen LogP) is -0.157. The van der Waals surface area contributed by atoms with E-state index in [-0.39, 0.29) is 16.9 Å². The van der Waals surface area contributed by atoms with Crippen LogP contribution in [0.25, 0.3) is 0 Å². The fourth-order valence-electron chi connectivity index (χ4n) is 2.73. The molecule has 6 N–H and O–H groups in total. The van der Waals surface area contributed by atoms with Crippen LogP contribution in [0.5, 0.6) is 0 Å². The minimum atomic E-state index is -1.29. The molecule has 0 aromatic rings. The summed E-state index contributed by atoms with van der Waals surface area (Å²) in [4.78, 5) is 34.8. The number of aliphatic hydroxyl groups is 1. The summed E-state index contributed by atoms with van der Waals surface area (Å²) in [6.07, 6.45) is -0.557. The lowest BCUT2D eigenvalue weighted by Crippen LogP contribution is -2.59. The third-order valence-electron chi connectivity index (χ3n) is 3.57. The Labute approximate surface area is 143 Å². The van der Waals surface area contributed by atoms with Gasteiger partial charge in [-0.15, -0.1) is 0 Å². The maximum absolute atomic E-state index is 12.4. The summed E-state index contributed by atoms with van der Waals surface area (Å²) in [6.45, 7) is 11.3. The second-order valence-electron chi connectivity index (χ2n) is 8.12. The standard InChI is InChI=1S/C16H31N3O5/c1-15(2,3)14(16(4,5)6)19-13(24)10(8-20)18-12(23)9(17)7-11(21)22/h9-10,14,20H,7-8,17H2,1-6H3,(H,18,23)(H,19,24)(H,21,22)/t9-,10+/m0/s1. The molecule has 8 heteroatoms. The van der Waals surface area contributed by atoms with Crippen LogP contribution in [0.4, 0.5) is 0 Å². The molecule has 0 aromatic carbocycles. The second-order valence-corrected chi connectivity index (χ2v) is 8.12. The van der Waals surface area contributed by atoms with E-state index in [1.807, 2.05) is 41.5 Å². The smallest absolute Gasteiger partial charge is 0.305 e. The first-order valence-electron chi connectivity index (χ1n) is 7.89. The zero-order chi connectivity index (χ0) is 19.3. The van der Waals surface area contributed by atoms with Crippen molar-refractivity contribution in [2.45, 2.75) is 66.1 Å². The number of hydrogen-bond acceptors (Lipinski definition) is 5. The van der Waals surface area contributed by atoms with Crippen LogP contribution in [-0.4, -0.2) is 52.7 Å². The lowest BCUT2D eigenvalue weighted by atomic mass is 9.72. The molecule has 0 aliphatic carbocycles. The first kappa shape index (κ1) is 22.3. The summed E-state index contributed by atoms with van der Waals surface area (Å²) in [6, 6.07) is -2.69. The van der Waals surface area contributed by atoms with Gasteiger partial charge in [-0.25, -0.2) is 0 Å². The third-order valence-corrected chi connectivity index (χ3v) is 3.57. The van der Waals surface area contributed by atoms with Crippen LogP contribution in [0, 0.1) is 10.8 Å². The van der Waals surface area contributed by atoms with Gasteiger partial charge in [-0.05, 0) is 10.8 Å². The van der Waals surface area contributed by atoms with Crippen LogP contribution in [-0.2, 0) is 14.4 Å². The zero-order valence-corrected chi connectivity index (χ0v) is 15.3. The van der Waals surface area contributed by atoms with E-state index in [2.05, 4.69) is 10.6 Å². The monoisotopic (exact) mass is 345 g/mol. The van der Waals surface area contributed by atoms with E-state index in [1.54, 1.807) is 0 Å². The Balaban J connectivity index is 5.03. The molecule has 0 bridgehead atoms. The number of aliphatic carboxylic acids is 1. The molecule has 0 aliphatic rings. The lowest BCUT2D eigenvalue weighted by molar-refractivity contribution is -0.139. The quantitative estimate of drug-likeness (QED) is 0.434. The number of carbonyl (C=O) groups excluding carboxylic acids is 2. The van der Waals surface area contributed by atoms with Gasteiger partial charge in [0.15, 0.2) is 0 Å². The van der Waals surface area contributed by atoms with Crippen LogP contribution in [0.1, 0.15) is 48.0 Å². The van der Waals surface area contributed by atoms with Crippen LogP contribution in [0.15, 0.2) is 0 Å². The van der Waals surface area contributed by atoms with Gasteiger partial charge >= 0.3 is 5.97 Å². The maximum atomic E-state index is 12.4. The van der Waals surface area contributed by atoms with E-state index in [0.717, 1.165) is 0 Å². The van der Waals surface area contributed by atoms with Gasteiger partial charge in [-0.3, -0.25) is 14.4 Å². The van der Waals surface area contributed by atoms with Crippen LogP contribution in [0.2, 0.25) is 0 Å². The maximum Gasteiger partial charge on any atom is 0.305 e. The van der Waals surface area contributed by atoms with Crippen molar-refractivity contribution < 1.29 is 24.6 Å². The summed E-state index contributed by atoms with van der Waals surface area (Å²) in [5.41, 5.74) is 4.98. The first-order chi connectivity index (χ1) is 10.7. The van der Waals surface area contributed by atoms with Crippen molar-refractivity contribution in [2.24, 2.45) is 16.6 Å². The number of nitrogens with one attached hydrogen (secondary N) is 2. The lowest BCUT2D eigenvalue weighted by Gasteiger charge is -2.41. The van der Waals surface area contributed by atoms with E-state index < -0.39 is 42.9 Å². The Morgan fingerprint density at radius 3 is 1.75 bits per heavy atom. The van der Waals surface area contributed by atoms with Gasteiger partial charge in [0.1, 0.15) is 6.04 Å². The van der Waals surface area contributed by atoms with Crippen molar-refractivity contribution >= 4 is 17.8 Å². The minimum absolute atomic E-state index is 0.212. The molecular weight excluding hydrogens is 314 g/mol. The van der Waals surface area contributed by atoms with E-state index in [0.29, 0.717) is 0 Å². The highest BCUT2D eigenvalue weighted by atomic mass is 16.4. The third kappa shape index (κ3) is 7.27. The number of aliphatic hydroxyl groups excluding tert-OH is 1. The van der Waals surface area contributed by atoms with Crippen molar-refractivity contribution in [1.82, 2.24) is 10.6 Å². The molecule has 0 rings (SSSR count). The van der Waals surface area contributed by atoms with E-state index in [4.69, 9.17) is 10.8 Å². The van der Waals surface area contributed by atoms with Crippen molar-refractivity contribution in [1.29, 1.82) is 0 Å². The van der Waals surface area contributed by atoms with Crippen LogP contribution < -0.4 is 16.4 Å². The Morgan fingerprint density at radius 1 is 0.958 bits per heavy atom. The summed E-state index contributed by atoms with van der Waals surface area (Å²) in [5.74, 6) is -2.55. The fourth-order valence-corrected chi connectivity index (χ4v) is 2.73. The molecule has 0 unspecified atom stereocenters. The van der Waals surface area contributed by atoms with Gasteiger partial charge < -0.3 is 26.6 Å².